The molecule has 1 aromatic carbocycles. The second kappa shape index (κ2) is 6.68. The maximum absolute atomic E-state index is 13.2. The Morgan fingerprint density at radius 3 is 2.31 bits per heavy atom. The van der Waals surface area contributed by atoms with Crippen LogP contribution in [0.5, 0.6) is 0 Å². The van der Waals surface area contributed by atoms with Crippen LogP contribution in [0.15, 0.2) is 89.0 Å². The van der Waals surface area contributed by atoms with Crippen LogP contribution >= 0.6 is 11.6 Å². The van der Waals surface area contributed by atoms with Gasteiger partial charge >= 0.3 is 0 Å². The minimum Gasteiger partial charge on any atom is -0.284 e. The van der Waals surface area contributed by atoms with E-state index in [0.29, 0.717) is 38.2 Å². The summed E-state index contributed by atoms with van der Waals surface area (Å²) in [5, 5.41) is 1.90. The predicted molar refractivity (Wildman–Crippen MR) is 113 cm³/mol. The van der Waals surface area contributed by atoms with Gasteiger partial charge in [-0.1, -0.05) is 17.7 Å². The molecule has 0 aliphatic rings. The molecule has 0 radical (unpaired) electrons. The molecule has 0 unspecified atom stereocenters. The molecule has 0 aliphatic carbocycles. The van der Waals surface area contributed by atoms with Crippen molar-refractivity contribution in [2.24, 2.45) is 0 Å². The molecule has 0 N–H and O–H groups in total. The largest absolute Gasteiger partial charge is 0.284 e. The van der Waals surface area contributed by atoms with Gasteiger partial charge in [0.15, 0.2) is 0 Å². The second-order valence-corrected chi connectivity index (χ2v) is 6.93. The van der Waals surface area contributed by atoms with Gasteiger partial charge in [0.05, 0.1) is 16.3 Å². The Kier molecular flexibility index (Phi) is 4.00. The summed E-state index contributed by atoms with van der Waals surface area (Å²) in [5.41, 5.74) is 0.675. The fourth-order valence-electron chi connectivity index (χ4n) is 3.40. The highest BCUT2D eigenvalue weighted by molar-refractivity contribution is 6.30. The lowest BCUT2D eigenvalue weighted by Crippen LogP contribution is -2.21. The van der Waals surface area contributed by atoms with Crippen molar-refractivity contribution in [3.8, 4) is 11.5 Å². The first-order valence-corrected chi connectivity index (χ1v) is 9.24. The highest BCUT2D eigenvalue weighted by atomic mass is 35.5. The SMILES string of the molecule is O=c1c2cnc3ccn(-c4ccccn4)c(=O)c3c2ccn1-c1ccc(Cl)cc1. The topological polar surface area (TPSA) is 69.8 Å². The number of fused-ring (bicyclic) bond motifs is 3. The van der Waals surface area contributed by atoms with Gasteiger partial charge in [-0.25, -0.2) is 4.98 Å². The molecule has 0 atom stereocenters. The summed E-state index contributed by atoms with van der Waals surface area (Å²) in [5.74, 6) is 0.505. The average Bonchev–Trinajstić information content (AvgIpc) is 2.75. The third kappa shape index (κ3) is 2.81. The van der Waals surface area contributed by atoms with E-state index in [0.717, 1.165) is 0 Å². The number of hydrogen-bond acceptors (Lipinski definition) is 4. The van der Waals surface area contributed by atoms with Gasteiger partial charge in [0.2, 0.25) is 0 Å². The quantitative estimate of drug-likeness (QED) is 0.423. The number of benzene rings is 1. The van der Waals surface area contributed by atoms with Crippen molar-refractivity contribution in [2.75, 3.05) is 0 Å². The van der Waals surface area contributed by atoms with E-state index in [9.17, 15) is 9.59 Å². The van der Waals surface area contributed by atoms with E-state index < -0.39 is 0 Å². The van der Waals surface area contributed by atoms with Crippen molar-refractivity contribution in [2.45, 2.75) is 0 Å². The number of pyridine rings is 4. The monoisotopic (exact) mass is 400 g/mol. The van der Waals surface area contributed by atoms with Crippen LogP contribution in [0.2, 0.25) is 5.02 Å². The van der Waals surface area contributed by atoms with Gasteiger partial charge in [-0.05, 0) is 48.5 Å². The summed E-state index contributed by atoms with van der Waals surface area (Å²) in [7, 11) is 0. The number of aromatic nitrogens is 4. The van der Waals surface area contributed by atoms with E-state index in [2.05, 4.69) is 9.97 Å². The first-order chi connectivity index (χ1) is 14.1. The number of rotatable bonds is 2. The van der Waals surface area contributed by atoms with Crippen LogP contribution in [0.25, 0.3) is 33.2 Å². The summed E-state index contributed by atoms with van der Waals surface area (Å²) < 4.78 is 2.96. The fourth-order valence-corrected chi connectivity index (χ4v) is 3.52. The van der Waals surface area contributed by atoms with E-state index >= 15 is 0 Å². The zero-order chi connectivity index (χ0) is 20.0. The zero-order valence-electron chi connectivity index (χ0n) is 15.0. The fraction of sp³-hybridized carbons (Fsp3) is 0. The second-order valence-electron chi connectivity index (χ2n) is 6.49. The zero-order valence-corrected chi connectivity index (χ0v) is 15.7. The summed E-state index contributed by atoms with van der Waals surface area (Å²) in [6.07, 6.45) is 6.43. The summed E-state index contributed by atoms with van der Waals surface area (Å²) in [4.78, 5) is 34.9. The molecule has 5 rings (SSSR count). The van der Waals surface area contributed by atoms with Crippen molar-refractivity contribution in [3.63, 3.8) is 0 Å². The van der Waals surface area contributed by atoms with Crippen molar-refractivity contribution >= 4 is 33.3 Å². The molecule has 0 spiro atoms. The third-order valence-corrected chi connectivity index (χ3v) is 5.05. The van der Waals surface area contributed by atoms with E-state index in [1.54, 1.807) is 67.1 Å². The molecule has 5 aromatic rings. The summed E-state index contributed by atoms with van der Waals surface area (Å²) in [6, 6.07) is 15.8. The van der Waals surface area contributed by atoms with Crippen LogP contribution in [0, 0.1) is 0 Å². The number of hydrogen-bond donors (Lipinski definition) is 0. The van der Waals surface area contributed by atoms with Crippen molar-refractivity contribution in [1.82, 2.24) is 19.1 Å². The minimum absolute atomic E-state index is 0.258. The summed E-state index contributed by atoms with van der Waals surface area (Å²) >= 11 is 5.94. The first kappa shape index (κ1) is 17.3. The maximum Gasteiger partial charge on any atom is 0.266 e. The molecule has 29 heavy (non-hydrogen) atoms. The molecule has 140 valence electrons. The van der Waals surface area contributed by atoms with Crippen LogP contribution in [0.1, 0.15) is 0 Å². The molecule has 7 heteroatoms. The number of halogens is 1. The molecule has 0 amide bonds. The lowest BCUT2D eigenvalue weighted by atomic mass is 10.1. The Morgan fingerprint density at radius 2 is 1.55 bits per heavy atom. The molecule has 6 nitrogen and oxygen atoms in total. The Balaban J connectivity index is 1.81. The van der Waals surface area contributed by atoms with Crippen LogP contribution in [-0.4, -0.2) is 19.1 Å². The Bertz CT molecular complexity index is 1490. The van der Waals surface area contributed by atoms with Gasteiger partial charge < -0.3 is 0 Å². The molecule has 0 fully saturated rings. The van der Waals surface area contributed by atoms with E-state index in [1.165, 1.54) is 15.3 Å². The Hall–Kier alpha value is -3.77. The summed E-state index contributed by atoms with van der Waals surface area (Å²) in [6.45, 7) is 0. The predicted octanol–water partition coefficient (Wildman–Crippen LogP) is 3.74. The van der Waals surface area contributed by atoms with E-state index in [-0.39, 0.29) is 11.1 Å². The molecular weight excluding hydrogens is 388 g/mol. The van der Waals surface area contributed by atoms with Gasteiger partial charge in [0.1, 0.15) is 5.82 Å². The minimum atomic E-state index is -0.275. The van der Waals surface area contributed by atoms with Crippen molar-refractivity contribution in [3.05, 3.63) is 105 Å². The van der Waals surface area contributed by atoms with Crippen LogP contribution in [-0.2, 0) is 0 Å². The van der Waals surface area contributed by atoms with Crippen LogP contribution < -0.4 is 11.1 Å². The molecule has 0 bridgehead atoms. The molecule has 0 aliphatic heterocycles. The normalized spacial score (nSPS) is 11.2. The lowest BCUT2D eigenvalue weighted by Gasteiger charge is -2.10. The van der Waals surface area contributed by atoms with Gasteiger partial charge in [-0.2, -0.15) is 0 Å². The highest BCUT2D eigenvalue weighted by Gasteiger charge is 2.13. The van der Waals surface area contributed by atoms with Gasteiger partial charge in [0, 0.05) is 40.9 Å². The smallest absolute Gasteiger partial charge is 0.266 e. The maximum atomic E-state index is 13.2. The molecule has 0 saturated heterocycles. The Labute approximate surface area is 169 Å². The van der Waals surface area contributed by atoms with Gasteiger partial charge in [-0.15, -0.1) is 0 Å². The Morgan fingerprint density at radius 1 is 0.759 bits per heavy atom. The van der Waals surface area contributed by atoms with Crippen LogP contribution in [0.3, 0.4) is 0 Å². The standard InChI is InChI=1S/C22H13ClN4O2/c23-14-4-6-15(7-5-14)26-11-8-16-17(21(26)28)13-25-18-9-12-27(22(29)20(16)18)19-3-1-2-10-24-19/h1-13H. The van der Waals surface area contributed by atoms with Gasteiger partial charge in [0.25, 0.3) is 11.1 Å². The molecule has 4 aromatic heterocycles. The van der Waals surface area contributed by atoms with Gasteiger partial charge in [-0.3, -0.25) is 23.7 Å². The van der Waals surface area contributed by atoms with Crippen molar-refractivity contribution < 1.29 is 0 Å². The van der Waals surface area contributed by atoms with Crippen LogP contribution in [0.4, 0.5) is 0 Å². The molecule has 4 heterocycles. The van der Waals surface area contributed by atoms with E-state index in [4.69, 9.17) is 11.6 Å². The average molecular weight is 401 g/mol. The van der Waals surface area contributed by atoms with E-state index in [1.807, 2.05) is 6.07 Å². The number of nitrogens with zero attached hydrogens (tertiary/aromatic N) is 4. The van der Waals surface area contributed by atoms with Crippen molar-refractivity contribution in [1.29, 1.82) is 0 Å². The third-order valence-electron chi connectivity index (χ3n) is 4.80. The molecular formula is C22H13ClN4O2. The first-order valence-electron chi connectivity index (χ1n) is 8.86. The lowest BCUT2D eigenvalue weighted by molar-refractivity contribution is 0.953. The molecule has 0 saturated carbocycles. The highest BCUT2D eigenvalue weighted by Crippen LogP contribution is 2.20.